The number of fused-ring (bicyclic) bond motifs is 3. The van der Waals surface area contributed by atoms with Gasteiger partial charge in [0.25, 0.3) is 0 Å². The zero-order valence-electron chi connectivity index (χ0n) is 15.9. The molecule has 1 aliphatic carbocycles. The molecule has 0 aliphatic heterocycles. The number of benzene rings is 6. The third-order valence-corrected chi connectivity index (χ3v) is 6.71. The molecule has 0 bridgehead atoms. The summed E-state index contributed by atoms with van der Waals surface area (Å²) < 4.78 is 0. The molecule has 0 saturated heterocycles. The molecule has 6 aromatic rings. The first-order valence-corrected chi connectivity index (χ1v) is 10.2. The van der Waals surface area contributed by atoms with Crippen LogP contribution in [0.15, 0.2) is 103 Å². The minimum atomic E-state index is 0.284. The molecule has 134 valence electrons. The Morgan fingerprint density at radius 1 is 0.379 bits per heavy atom. The minimum Gasteiger partial charge on any atom is -0.0619 e. The summed E-state index contributed by atoms with van der Waals surface area (Å²) in [6.07, 6.45) is 0. The van der Waals surface area contributed by atoms with Crippen LogP contribution in [0.4, 0.5) is 0 Å². The predicted octanol–water partition coefficient (Wildman–Crippen LogP) is 7.74. The van der Waals surface area contributed by atoms with Gasteiger partial charge >= 0.3 is 0 Å². The summed E-state index contributed by atoms with van der Waals surface area (Å²) in [5.74, 6) is 0.284. The van der Waals surface area contributed by atoms with Crippen molar-refractivity contribution in [3.05, 3.63) is 120 Å². The van der Waals surface area contributed by atoms with Crippen LogP contribution in [0.25, 0.3) is 43.4 Å². The van der Waals surface area contributed by atoms with Crippen molar-refractivity contribution in [1.29, 1.82) is 0 Å². The molecule has 0 aromatic heterocycles. The molecule has 1 aliphatic rings. The maximum absolute atomic E-state index is 2.35. The van der Waals surface area contributed by atoms with E-state index in [0.717, 1.165) is 0 Å². The summed E-state index contributed by atoms with van der Waals surface area (Å²) in [7, 11) is 0. The molecular weight excluding hydrogens is 348 g/mol. The molecule has 0 saturated carbocycles. The van der Waals surface area contributed by atoms with Crippen molar-refractivity contribution in [2.75, 3.05) is 0 Å². The molecule has 0 amide bonds. The third-order valence-electron chi connectivity index (χ3n) is 6.71. The summed E-state index contributed by atoms with van der Waals surface area (Å²) in [5.41, 5.74) is 7.00. The second-order valence-corrected chi connectivity index (χ2v) is 8.12. The van der Waals surface area contributed by atoms with Gasteiger partial charge < -0.3 is 0 Å². The molecule has 7 rings (SSSR count). The van der Waals surface area contributed by atoms with Crippen LogP contribution < -0.4 is 0 Å². The van der Waals surface area contributed by atoms with Crippen molar-refractivity contribution < 1.29 is 0 Å². The monoisotopic (exact) mass is 366 g/mol. The lowest BCUT2D eigenvalue weighted by Crippen LogP contribution is -2.00. The topological polar surface area (TPSA) is 0 Å². The Hall–Kier alpha value is -3.64. The van der Waals surface area contributed by atoms with E-state index in [1.54, 1.807) is 0 Å². The number of hydrogen-bond acceptors (Lipinski definition) is 0. The normalized spacial score (nSPS) is 13.4. The highest BCUT2D eigenvalue weighted by atomic mass is 14.3. The van der Waals surface area contributed by atoms with E-state index < -0.39 is 0 Å². The first kappa shape index (κ1) is 15.3. The molecular formula is C29H18. The quantitative estimate of drug-likeness (QED) is 0.261. The van der Waals surface area contributed by atoms with Crippen molar-refractivity contribution in [3.8, 4) is 11.1 Å². The van der Waals surface area contributed by atoms with Gasteiger partial charge in [-0.3, -0.25) is 0 Å². The molecule has 0 spiro atoms. The highest BCUT2D eigenvalue weighted by Gasteiger charge is 2.30. The Kier molecular flexibility index (Phi) is 2.88. The molecule has 0 unspecified atom stereocenters. The summed E-state index contributed by atoms with van der Waals surface area (Å²) in [5, 5.41) is 8.15. The minimum absolute atomic E-state index is 0.284. The molecule has 0 heteroatoms. The van der Waals surface area contributed by atoms with Gasteiger partial charge in [-0.15, -0.1) is 0 Å². The van der Waals surface area contributed by atoms with Crippen LogP contribution >= 0.6 is 0 Å². The van der Waals surface area contributed by atoms with Gasteiger partial charge in [0.05, 0.1) is 0 Å². The first-order chi connectivity index (χ1) is 14.4. The zero-order chi connectivity index (χ0) is 18.9. The lowest BCUT2D eigenvalue weighted by molar-refractivity contribution is 1.03. The standard InChI is InChI=1S/C29H18/c1-3-10-23-21(8-1)22-9-2-4-11-24(22)29(23)26-17-15-20-13-12-18-6-5-7-19-14-16-25(26)28(20)27(18)19/h1-17,29H. The van der Waals surface area contributed by atoms with Crippen LogP contribution in [0, 0.1) is 0 Å². The van der Waals surface area contributed by atoms with Gasteiger partial charge in [0.2, 0.25) is 0 Å². The van der Waals surface area contributed by atoms with E-state index in [0.29, 0.717) is 0 Å². The molecule has 0 heterocycles. The summed E-state index contributed by atoms with van der Waals surface area (Å²) in [6, 6.07) is 38.2. The van der Waals surface area contributed by atoms with E-state index in [1.807, 2.05) is 0 Å². The molecule has 0 fully saturated rings. The van der Waals surface area contributed by atoms with Gasteiger partial charge in [0.1, 0.15) is 0 Å². The zero-order valence-corrected chi connectivity index (χ0v) is 15.9. The van der Waals surface area contributed by atoms with Gasteiger partial charge in [0.15, 0.2) is 0 Å². The van der Waals surface area contributed by atoms with E-state index in [1.165, 1.54) is 60.1 Å². The van der Waals surface area contributed by atoms with Crippen molar-refractivity contribution in [2.45, 2.75) is 5.92 Å². The van der Waals surface area contributed by atoms with Gasteiger partial charge in [-0.05, 0) is 60.1 Å². The Bertz CT molecular complexity index is 1490. The Morgan fingerprint density at radius 2 is 0.931 bits per heavy atom. The predicted molar refractivity (Wildman–Crippen MR) is 123 cm³/mol. The second-order valence-electron chi connectivity index (χ2n) is 8.12. The van der Waals surface area contributed by atoms with Crippen LogP contribution in [0.3, 0.4) is 0 Å². The molecule has 0 atom stereocenters. The van der Waals surface area contributed by atoms with Gasteiger partial charge in [-0.2, -0.15) is 0 Å². The smallest absolute Gasteiger partial charge is 0.0358 e. The lowest BCUT2D eigenvalue weighted by Gasteiger charge is -2.19. The van der Waals surface area contributed by atoms with Crippen LogP contribution in [0.2, 0.25) is 0 Å². The van der Waals surface area contributed by atoms with E-state index in [-0.39, 0.29) is 5.92 Å². The molecule has 0 nitrogen and oxygen atoms in total. The summed E-state index contributed by atoms with van der Waals surface area (Å²) in [4.78, 5) is 0. The fourth-order valence-corrected chi connectivity index (χ4v) is 5.50. The van der Waals surface area contributed by atoms with Gasteiger partial charge in [0, 0.05) is 5.92 Å². The maximum Gasteiger partial charge on any atom is 0.0358 e. The third kappa shape index (κ3) is 1.93. The Morgan fingerprint density at radius 3 is 1.62 bits per heavy atom. The highest BCUT2D eigenvalue weighted by Crippen LogP contribution is 2.50. The van der Waals surface area contributed by atoms with Gasteiger partial charge in [-0.25, -0.2) is 0 Å². The largest absolute Gasteiger partial charge is 0.0619 e. The average molecular weight is 366 g/mol. The Balaban J connectivity index is 1.63. The van der Waals surface area contributed by atoms with E-state index in [2.05, 4.69) is 103 Å². The Labute approximate surface area is 169 Å². The van der Waals surface area contributed by atoms with Crippen molar-refractivity contribution in [1.82, 2.24) is 0 Å². The number of hydrogen-bond donors (Lipinski definition) is 0. The van der Waals surface area contributed by atoms with Crippen LogP contribution in [-0.4, -0.2) is 0 Å². The van der Waals surface area contributed by atoms with Crippen LogP contribution in [-0.2, 0) is 0 Å². The molecule has 6 aromatic carbocycles. The number of rotatable bonds is 1. The SMILES string of the molecule is c1ccc2c(c1)-c1ccccc1C2c1ccc2ccc3cccc4ccc1c2c34. The van der Waals surface area contributed by atoms with Crippen molar-refractivity contribution >= 4 is 32.3 Å². The summed E-state index contributed by atoms with van der Waals surface area (Å²) >= 11 is 0. The van der Waals surface area contributed by atoms with E-state index >= 15 is 0 Å². The average Bonchev–Trinajstić information content (AvgIpc) is 3.12. The first-order valence-electron chi connectivity index (χ1n) is 10.2. The molecule has 0 radical (unpaired) electrons. The lowest BCUT2D eigenvalue weighted by atomic mass is 9.83. The van der Waals surface area contributed by atoms with Crippen LogP contribution in [0.1, 0.15) is 22.6 Å². The maximum atomic E-state index is 2.35. The fourth-order valence-electron chi connectivity index (χ4n) is 5.50. The molecule has 0 N–H and O–H groups in total. The van der Waals surface area contributed by atoms with Crippen molar-refractivity contribution in [2.24, 2.45) is 0 Å². The van der Waals surface area contributed by atoms with Crippen LogP contribution in [0.5, 0.6) is 0 Å². The molecule has 29 heavy (non-hydrogen) atoms. The van der Waals surface area contributed by atoms with Gasteiger partial charge in [-0.1, -0.05) is 103 Å². The second kappa shape index (κ2) is 5.46. The van der Waals surface area contributed by atoms with E-state index in [9.17, 15) is 0 Å². The fraction of sp³-hybridized carbons (Fsp3) is 0.0345. The van der Waals surface area contributed by atoms with E-state index in [4.69, 9.17) is 0 Å². The summed E-state index contributed by atoms with van der Waals surface area (Å²) in [6.45, 7) is 0. The van der Waals surface area contributed by atoms with Crippen molar-refractivity contribution in [3.63, 3.8) is 0 Å². The highest BCUT2D eigenvalue weighted by molar-refractivity contribution is 6.23.